The summed E-state index contributed by atoms with van der Waals surface area (Å²) in [5, 5.41) is 65.1. The van der Waals surface area contributed by atoms with E-state index in [9.17, 15) is 63.6 Å². The number of H-pyrrole nitrogens is 1. The molecule has 25 nitrogen and oxygen atoms in total. The summed E-state index contributed by atoms with van der Waals surface area (Å²) >= 11 is 1.05. The summed E-state index contributed by atoms with van der Waals surface area (Å²) in [4.78, 5) is 134. The Kier molecular flexibility index (Phi) is 17.9. The number of aromatic carboxylic acids is 1. The molecule has 26 heteroatoms. The van der Waals surface area contributed by atoms with Crippen LogP contribution in [0.25, 0.3) is 44.3 Å². The number of hydrogen-bond acceptors (Lipinski definition) is 15. The van der Waals surface area contributed by atoms with E-state index in [4.69, 9.17) is 4.42 Å². The fourth-order valence-electron chi connectivity index (χ4n) is 10.9. The summed E-state index contributed by atoms with van der Waals surface area (Å²) in [5.41, 5.74) is 1.39. The quantitative estimate of drug-likeness (QED) is 0.0670. The molecule has 1 fully saturated rings. The van der Waals surface area contributed by atoms with Gasteiger partial charge in [0.15, 0.2) is 0 Å². The Bertz CT molecular complexity index is 3760. The highest BCUT2D eigenvalue weighted by Crippen LogP contribution is 2.42. The van der Waals surface area contributed by atoms with Crippen LogP contribution in [0.4, 0.5) is 5.69 Å². The van der Waals surface area contributed by atoms with Crippen LogP contribution in [0.1, 0.15) is 66.8 Å². The van der Waals surface area contributed by atoms with Crippen LogP contribution < -0.4 is 52.1 Å². The second-order valence-corrected chi connectivity index (χ2v) is 23.9. The Morgan fingerprint density at radius 2 is 1.50 bits per heavy atom. The van der Waals surface area contributed by atoms with Gasteiger partial charge in [0, 0.05) is 103 Å². The van der Waals surface area contributed by atoms with Crippen molar-refractivity contribution in [2.75, 3.05) is 51.9 Å². The minimum Gasteiger partial charge on any atom is -0.478 e. The molecule has 0 spiro atoms. The zero-order valence-electron chi connectivity index (χ0n) is 48.6. The van der Waals surface area contributed by atoms with Crippen LogP contribution in [-0.4, -0.2) is 191 Å². The van der Waals surface area contributed by atoms with E-state index in [1.54, 1.807) is 24.3 Å². The van der Waals surface area contributed by atoms with E-state index >= 15 is 0 Å². The normalized spacial score (nSPS) is 23.8. The monoisotopic (exact) mass is 1200 g/mol. The lowest BCUT2D eigenvalue weighted by Gasteiger charge is -2.31. The van der Waals surface area contributed by atoms with Crippen molar-refractivity contribution in [2.24, 2.45) is 0 Å². The van der Waals surface area contributed by atoms with Crippen molar-refractivity contribution < 1.29 is 68.0 Å². The molecule has 4 aromatic rings. The van der Waals surface area contributed by atoms with E-state index < -0.39 is 126 Å². The number of carboxylic acid groups (broad SMARTS) is 1. The van der Waals surface area contributed by atoms with Crippen molar-refractivity contribution >= 4 is 92.5 Å². The van der Waals surface area contributed by atoms with E-state index in [1.165, 1.54) is 45.9 Å². The number of fused-ring (bicyclic) bond motifs is 7. The first-order chi connectivity index (χ1) is 40.7. The van der Waals surface area contributed by atoms with Crippen LogP contribution in [0.2, 0.25) is 0 Å². The van der Waals surface area contributed by atoms with Gasteiger partial charge in [0.05, 0.1) is 34.5 Å². The molecule has 10 atom stereocenters. The molecular formula is C60H70N11O14S+. The molecule has 1 aromatic heterocycles. The van der Waals surface area contributed by atoms with Crippen molar-refractivity contribution in [3.63, 3.8) is 0 Å². The summed E-state index contributed by atoms with van der Waals surface area (Å²) in [7, 11) is 7.52. The fraction of sp³-hybridized carbons (Fsp3) is 0.400. The number of hydrogen-bond donors (Lipinski definition) is 12. The first-order valence-corrected chi connectivity index (χ1v) is 28.9. The number of benzene rings is 4. The van der Waals surface area contributed by atoms with Gasteiger partial charge in [0.1, 0.15) is 67.7 Å². The standard InChI is InChI=1S/C60H69N11O14S/c1-28-50(74)64-42-23-39-35-11-9-10-12-41(35)67-57(39)86-26-44(58(81)71-25-34(73)22-45(71)55(79)63-28)66-56(80)49(30(3)72)68-51(75)29(2)62-54(78)43(65-53(42)77)24-60(4,84)27-61-52(76)31-13-16-36(40(19-31)59(82)83)48-37-17-14-32(69(5)6)20-46(37)85-47-21-33(70(7)8)15-18-38(47)48/h9-21,28-30,34,42-45,49,67,72-73,84H,22-27H2,1-8H3,(H7-,61,62,63,64,65,66,68,74,75,76,77,78,79,80,82,83)/p+1/t28-,29-,30-,34-,42-,43-,44-,45-,49+,60+/m0/s1. The number of anilines is 1. The molecule has 12 N–H and O–H groups in total. The Morgan fingerprint density at radius 3 is 2.20 bits per heavy atom. The number of nitrogens with zero attached hydrogens (tertiary/aromatic N) is 3. The molecular weight excluding hydrogens is 1130 g/mol. The Morgan fingerprint density at radius 1 is 0.814 bits per heavy atom. The highest BCUT2D eigenvalue weighted by molar-refractivity contribution is 7.99. The number of thioether (sulfide) groups is 1. The van der Waals surface area contributed by atoms with Crippen LogP contribution >= 0.6 is 11.8 Å². The first-order valence-electron chi connectivity index (χ1n) is 28.0. The predicted octanol–water partition coefficient (Wildman–Crippen LogP) is 0.00600. The van der Waals surface area contributed by atoms with Crippen molar-refractivity contribution in [3.8, 4) is 22.5 Å². The van der Waals surface area contributed by atoms with Gasteiger partial charge in [0.2, 0.25) is 46.7 Å². The Balaban J connectivity index is 1.05. The lowest BCUT2D eigenvalue weighted by atomic mass is 9.89. The van der Waals surface area contributed by atoms with Gasteiger partial charge < -0.3 is 76.8 Å². The highest BCUT2D eigenvalue weighted by Gasteiger charge is 2.44. The molecule has 3 aromatic carbocycles. The smallest absolute Gasteiger partial charge is 0.336 e. The van der Waals surface area contributed by atoms with Gasteiger partial charge in [-0.25, -0.2) is 9.37 Å². The van der Waals surface area contributed by atoms with Crippen molar-refractivity contribution in [1.82, 2.24) is 51.7 Å². The fourth-order valence-corrected chi connectivity index (χ4v) is 12.0. The van der Waals surface area contributed by atoms with Gasteiger partial charge in [-0.3, -0.25) is 38.4 Å². The number of carbonyl (C=O) groups is 9. The average Bonchev–Trinajstić information content (AvgIpc) is 1.00. The summed E-state index contributed by atoms with van der Waals surface area (Å²) in [5.74, 6) is -8.42. The molecule has 5 heterocycles. The number of rotatable bonds is 9. The van der Waals surface area contributed by atoms with E-state index in [-0.39, 0.29) is 41.8 Å². The summed E-state index contributed by atoms with van der Waals surface area (Å²) in [6, 6.07) is 11.6. The number of para-hydroxylation sites is 1. The van der Waals surface area contributed by atoms with Gasteiger partial charge in [-0.1, -0.05) is 24.3 Å². The molecule has 5 aliphatic rings. The van der Waals surface area contributed by atoms with Crippen LogP contribution in [0, 0.1) is 0 Å². The largest absolute Gasteiger partial charge is 0.478 e. The van der Waals surface area contributed by atoms with Gasteiger partial charge in [-0.15, -0.1) is 11.8 Å². The van der Waals surface area contributed by atoms with Crippen molar-refractivity contribution in [1.29, 1.82) is 0 Å². The molecule has 1 aliphatic carbocycles. The summed E-state index contributed by atoms with van der Waals surface area (Å²) in [6.45, 7) is 4.16. The lowest BCUT2D eigenvalue weighted by Crippen LogP contribution is -2.62. The molecule has 0 saturated carbocycles. The van der Waals surface area contributed by atoms with E-state index in [0.29, 0.717) is 49.3 Å². The molecule has 4 aliphatic heterocycles. The number of amides is 8. The van der Waals surface area contributed by atoms with Crippen molar-refractivity contribution in [2.45, 2.75) is 112 Å². The second kappa shape index (κ2) is 25.0. The number of aliphatic hydroxyl groups is 3. The molecule has 0 radical (unpaired) electrons. The van der Waals surface area contributed by atoms with Crippen LogP contribution in [0.15, 0.2) is 88.3 Å². The summed E-state index contributed by atoms with van der Waals surface area (Å²) < 4.78 is 8.34. The molecule has 1 saturated heterocycles. The van der Waals surface area contributed by atoms with Crippen LogP contribution in [-0.2, 0) is 40.0 Å². The number of aromatic amines is 1. The average molecular weight is 1200 g/mol. The molecule has 454 valence electrons. The highest BCUT2D eigenvalue weighted by atomic mass is 32.2. The molecule has 0 unspecified atom stereocenters. The minimum absolute atomic E-state index is 0.104. The van der Waals surface area contributed by atoms with Gasteiger partial charge >= 0.3 is 5.97 Å². The number of aliphatic hydroxyl groups excluding tert-OH is 2. The zero-order chi connectivity index (χ0) is 62.2. The van der Waals surface area contributed by atoms with Gasteiger partial charge in [0.25, 0.3) is 5.91 Å². The Labute approximate surface area is 497 Å². The maximum Gasteiger partial charge on any atom is 0.336 e. The van der Waals surface area contributed by atoms with Crippen LogP contribution in [0.5, 0.6) is 0 Å². The van der Waals surface area contributed by atoms with Crippen molar-refractivity contribution in [3.05, 3.63) is 101 Å². The Hall–Kier alpha value is -8.85. The third-order valence-corrected chi connectivity index (χ3v) is 16.8. The number of aromatic nitrogens is 1. The van der Waals surface area contributed by atoms with Crippen LogP contribution in [0.3, 0.4) is 0 Å². The first kappa shape index (κ1) is 61.7. The third-order valence-electron chi connectivity index (χ3n) is 15.7. The van der Waals surface area contributed by atoms with E-state index in [1.807, 2.05) is 74.1 Å². The molecule has 9 rings (SSSR count). The second-order valence-electron chi connectivity index (χ2n) is 22.8. The lowest BCUT2D eigenvalue weighted by molar-refractivity contribution is -0.142. The van der Waals surface area contributed by atoms with E-state index in [2.05, 4.69) is 42.2 Å². The van der Waals surface area contributed by atoms with E-state index in [0.717, 1.165) is 27.7 Å². The topological polar surface area (TPSA) is 357 Å². The SMILES string of the molecule is C[C@@H]1NC(=O)[C@H](C[C@@](C)(O)CNC(=O)c2ccc(-c3c4ccc(=[N+](C)C)cc-4oc4cc(N(C)C)ccc34)c(C(=O)O)c2)NC(=O)[C@@H]2Cc3c([nH]c4ccccc34)SC[C@H](NC(=O)[C@@H]([C@H](C)O)NC1=O)C(=O)N1C[C@@H](O)C[C@H]1C(=O)N[C@@H](C)C(=O)N2. The predicted molar refractivity (Wildman–Crippen MR) is 318 cm³/mol. The molecule has 2 bridgehead atoms. The number of carbonyl (C=O) groups excluding carboxylic acids is 8. The third kappa shape index (κ3) is 13.2. The molecule has 8 amide bonds. The molecule has 86 heavy (non-hydrogen) atoms. The van der Waals surface area contributed by atoms with Gasteiger partial charge in [-0.05, 0) is 75.2 Å². The number of nitrogens with one attached hydrogen (secondary N) is 8. The number of carboxylic acids is 1. The minimum atomic E-state index is -2.08. The maximum atomic E-state index is 15.0. The summed E-state index contributed by atoms with van der Waals surface area (Å²) in [6.07, 6.45) is -3.93. The van der Waals surface area contributed by atoms with Gasteiger partial charge in [-0.2, -0.15) is 0 Å². The maximum absolute atomic E-state index is 15.0. The zero-order valence-corrected chi connectivity index (χ0v) is 49.4.